The molecule has 2 rings (SSSR count). The first-order valence-electron chi connectivity index (χ1n) is 6.16. The second-order valence-corrected chi connectivity index (χ2v) is 4.76. The van der Waals surface area contributed by atoms with Gasteiger partial charge in [0, 0.05) is 13.1 Å². The molecule has 0 saturated carbocycles. The van der Waals surface area contributed by atoms with Gasteiger partial charge in [-0.05, 0) is 26.1 Å². The Morgan fingerprint density at radius 3 is 2.95 bits per heavy atom. The van der Waals surface area contributed by atoms with Crippen molar-refractivity contribution in [3.05, 3.63) is 40.3 Å². The summed E-state index contributed by atoms with van der Waals surface area (Å²) in [4.78, 5) is 21.0. The number of benzene rings is 1. The molecule has 0 radical (unpaired) electrons. The first kappa shape index (κ1) is 13.2. The second kappa shape index (κ2) is 5.63. The van der Waals surface area contributed by atoms with E-state index in [4.69, 9.17) is 5.26 Å². The summed E-state index contributed by atoms with van der Waals surface area (Å²) in [6, 6.07) is 9.62. The van der Waals surface area contributed by atoms with Crippen LogP contribution in [0, 0.1) is 17.2 Å². The fourth-order valence-electron chi connectivity index (χ4n) is 2.00. The van der Waals surface area contributed by atoms with E-state index < -0.39 is 0 Å². The van der Waals surface area contributed by atoms with E-state index in [2.05, 4.69) is 16.0 Å². The maximum absolute atomic E-state index is 11.9. The molecule has 5 heteroatoms. The Morgan fingerprint density at radius 1 is 1.47 bits per heavy atom. The molecule has 0 saturated heterocycles. The highest BCUT2D eigenvalue weighted by molar-refractivity contribution is 5.73. The molecule has 5 nitrogen and oxygen atoms in total. The van der Waals surface area contributed by atoms with Gasteiger partial charge in [-0.1, -0.05) is 12.1 Å². The lowest BCUT2D eigenvalue weighted by atomic mass is 10.2. The average molecular weight is 256 g/mol. The van der Waals surface area contributed by atoms with Gasteiger partial charge in [0.2, 0.25) is 0 Å². The van der Waals surface area contributed by atoms with Gasteiger partial charge in [0.1, 0.15) is 5.69 Å². The molecule has 0 bridgehead atoms. The van der Waals surface area contributed by atoms with Crippen LogP contribution in [-0.2, 0) is 6.54 Å². The number of hydrogen-bond acceptors (Lipinski definition) is 4. The van der Waals surface area contributed by atoms with Crippen LogP contribution in [0.5, 0.6) is 0 Å². The van der Waals surface area contributed by atoms with Gasteiger partial charge in [-0.25, -0.2) is 4.98 Å². The second-order valence-electron chi connectivity index (χ2n) is 4.76. The van der Waals surface area contributed by atoms with Crippen LogP contribution in [0.3, 0.4) is 0 Å². The number of hydrogen-bond donors (Lipinski definition) is 1. The summed E-state index contributed by atoms with van der Waals surface area (Å²) in [5.74, 6) is -0.0652. The van der Waals surface area contributed by atoms with Gasteiger partial charge in [-0.15, -0.1) is 0 Å². The van der Waals surface area contributed by atoms with Crippen LogP contribution in [0.4, 0.5) is 0 Å². The number of nitrogens with one attached hydrogen (secondary N) is 1. The molecule has 98 valence electrons. The number of nitriles is 1. The lowest BCUT2D eigenvalue weighted by molar-refractivity contribution is 0.298. The SMILES string of the molecule is C[C@H](C#N)CN(C)Cc1nc2ccccc2[nH]c1=O. The van der Waals surface area contributed by atoms with E-state index in [0.717, 1.165) is 11.0 Å². The van der Waals surface area contributed by atoms with Crippen molar-refractivity contribution in [2.45, 2.75) is 13.5 Å². The predicted molar refractivity (Wildman–Crippen MR) is 73.5 cm³/mol. The van der Waals surface area contributed by atoms with E-state index in [9.17, 15) is 4.79 Å². The average Bonchev–Trinajstić information content (AvgIpc) is 2.39. The Kier molecular flexibility index (Phi) is 3.93. The van der Waals surface area contributed by atoms with E-state index in [-0.39, 0.29) is 11.5 Å². The fourth-order valence-corrected chi connectivity index (χ4v) is 2.00. The highest BCUT2D eigenvalue weighted by atomic mass is 16.1. The molecule has 1 aromatic heterocycles. The number of H-pyrrole nitrogens is 1. The predicted octanol–water partition coefficient (Wildman–Crippen LogP) is 1.51. The van der Waals surface area contributed by atoms with E-state index in [1.165, 1.54) is 0 Å². The normalized spacial score (nSPS) is 12.5. The quantitative estimate of drug-likeness (QED) is 0.900. The van der Waals surface area contributed by atoms with Crippen LogP contribution in [-0.4, -0.2) is 28.5 Å². The van der Waals surface area contributed by atoms with Crippen LogP contribution in [0.25, 0.3) is 11.0 Å². The summed E-state index contributed by atoms with van der Waals surface area (Å²) in [5.41, 5.74) is 1.82. The number of aromatic nitrogens is 2. The molecule has 0 spiro atoms. The van der Waals surface area contributed by atoms with Gasteiger partial charge in [-0.2, -0.15) is 5.26 Å². The van der Waals surface area contributed by atoms with Crippen LogP contribution >= 0.6 is 0 Å². The Labute approximate surface area is 111 Å². The zero-order chi connectivity index (χ0) is 13.8. The molecule has 19 heavy (non-hydrogen) atoms. The van der Waals surface area contributed by atoms with Crippen molar-refractivity contribution in [3.8, 4) is 6.07 Å². The Hall–Kier alpha value is -2.19. The van der Waals surface area contributed by atoms with Crippen LogP contribution in [0.2, 0.25) is 0 Å². The van der Waals surface area contributed by atoms with Gasteiger partial charge in [0.25, 0.3) is 5.56 Å². The van der Waals surface area contributed by atoms with E-state index in [0.29, 0.717) is 18.8 Å². The van der Waals surface area contributed by atoms with Crippen LogP contribution < -0.4 is 5.56 Å². The molecule has 0 aliphatic carbocycles. The van der Waals surface area contributed by atoms with Crippen molar-refractivity contribution in [1.82, 2.24) is 14.9 Å². The lowest BCUT2D eigenvalue weighted by Gasteiger charge is -2.16. The third-order valence-electron chi connectivity index (χ3n) is 2.90. The van der Waals surface area contributed by atoms with Gasteiger partial charge < -0.3 is 4.98 Å². The molecule has 0 aliphatic rings. The maximum Gasteiger partial charge on any atom is 0.271 e. The molecular formula is C14H16N4O. The lowest BCUT2D eigenvalue weighted by Crippen LogP contribution is -2.28. The van der Waals surface area contributed by atoms with E-state index in [1.54, 1.807) is 0 Å². The number of nitrogens with zero attached hydrogens (tertiary/aromatic N) is 3. The summed E-state index contributed by atoms with van der Waals surface area (Å²) in [7, 11) is 1.88. The molecular weight excluding hydrogens is 240 g/mol. The summed E-state index contributed by atoms with van der Waals surface area (Å²) >= 11 is 0. The minimum absolute atomic E-state index is 0.0652. The van der Waals surface area contributed by atoms with Crippen molar-refractivity contribution in [3.63, 3.8) is 0 Å². The molecule has 1 atom stereocenters. The zero-order valence-electron chi connectivity index (χ0n) is 11.1. The topological polar surface area (TPSA) is 72.8 Å². The molecule has 2 aromatic rings. The maximum atomic E-state index is 11.9. The summed E-state index contributed by atoms with van der Waals surface area (Å²) in [6.07, 6.45) is 0. The summed E-state index contributed by atoms with van der Waals surface area (Å²) < 4.78 is 0. The highest BCUT2D eigenvalue weighted by Gasteiger charge is 2.10. The third kappa shape index (κ3) is 3.18. The Bertz CT molecular complexity index is 671. The van der Waals surface area contributed by atoms with Crippen LogP contribution in [0.1, 0.15) is 12.6 Å². The Balaban J connectivity index is 2.23. The van der Waals surface area contributed by atoms with Gasteiger partial charge >= 0.3 is 0 Å². The molecule has 0 unspecified atom stereocenters. The number of aromatic amines is 1. The standard InChI is InChI=1S/C14H16N4O/c1-10(7-15)8-18(2)9-13-14(19)17-12-6-4-3-5-11(12)16-13/h3-6,10H,8-9H2,1-2H3,(H,17,19)/t10-/m1/s1. The first-order valence-corrected chi connectivity index (χ1v) is 6.16. The van der Waals surface area contributed by atoms with Crippen molar-refractivity contribution >= 4 is 11.0 Å². The van der Waals surface area contributed by atoms with Gasteiger partial charge in [0.05, 0.1) is 23.0 Å². The molecule has 1 aromatic carbocycles. The first-order chi connectivity index (χ1) is 9.10. The van der Waals surface area contributed by atoms with Crippen molar-refractivity contribution in [1.29, 1.82) is 5.26 Å². The van der Waals surface area contributed by atoms with E-state index >= 15 is 0 Å². The van der Waals surface area contributed by atoms with Crippen molar-refractivity contribution in [2.24, 2.45) is 5.92 Å². The molecule has 1 heterocycles. The molecule has 0 fully saturated rings. The fraction of sp³-hybridized carbons (Fsp3) is 0.357. The number of fused-ring (bicyclic) bond motifs is 1. The largest absolute Gasteiger partial charge is 0.319 e. The molecule has 1 N–H and O–H groups in total. The molecule has 0 amide bonds. The Morgan fingerprint density at radius 2 is 2.21 bits per heavy atom. The zero-order valence-corrected chi connectivity index (χ0v) is 11.1. The molecule has 0 aliphatic heterocycles. The number of para-hydroxylation sites is 2. The van der Waals surface area contributed by atoms with Crippen LogP contribution in [0.15, 0.2) is 29.1 Å². The minimum Gasteiger partial charge on any atom is -0.319 e. The third-order valence-corrected chi connectivity index (χ3v) is 2.90. The minimum atomic E-state index is -0.171. The van der Waals surface area contributed by atoms with E-state index in [1.807, 2.05) is 43.1 Å². The summed E-state index contributed by atoms with van der Waals surface area (Å²) in [5, 5.41) is 8.79. The van der Waals surface area contributed by atoms with Crippen molar-refractivity contribution in [2.75, 3.05) is 13.6 Å². The summed E-state index contributed by atoms with van der Waals surface area (Å²) in [6.45, 7) is 2.91. The highest BCUT2D eigenvalue weighted by Crippen LogP contribution is 2.07. The number of rotatable bonds is 4. The van der Waals surface area contributed by atoms with Gasteiger partial charge in [0.15, 0.2) is 0 Å². The monoisotopic (exact) mass is 256 g/mol. The van der Waals surface area contributed by atoms with Gasteiger partial charge in [-0.3, -0.25) is 9.69 Å². The van der Waals surface area contributed by atoms with Crippen molar-refractivity contribution < 1.29 is 0 Å². The smallest absolute Gasteiger partial charge is 0.271 e.